The minimum absolute atomic E-state index is 0.130. The van der Waals surface area contributed by atoms with Crippen molar-refractivity contribution in [3.8, 4) is 0 Å². The molecule has 3 heteroatoms. The molecule has 0 amide bonds. The molecule has 1 N–H and O–H groups in total. The van der Waals surface area contributed by atoms with Crippen LogP contribution in [-0.2, 0) is 5.41 Å². The smallest absolute Gasteiger partial charge is 0.123 e. The summed E-state index contributed by atoms with van der Waals surface area (Å²) in [6.07, 6.45) is 6.97. The van der Waals surface area contributed by atoms with Crippen LogP contribution in [0, 0.1) is 11.7 Å². The van der Waals surface area contributed by atoms with Crippen LogP contribution < -0.4 is 0 Å². The van der Waals surface area contributed by atoms with Crippen molar-refractivity contribution in [1.82, 2.24) is 4.90 Å². The van der Waals surface area contributed by atoms with Crippen LogP contribution in [0.4, 0.5) is 4.39 Å². The zero-order valence-corrected chi connectivity index (χ0v) is 14.5. The van der Waals surface area contributed by atoms with E-state index >= 15 is 0 Å². The Bertz CT molecular complexity index is 531. The van der Waals surface area contributed by atoms with Crippen molar-refractivity contribution in [1.29, 1.82) is 0 Å². The number of rotatable bonds is 4. The van der Waals surface area contributed by atoms with Crippen molar-refractivity contribution >= 4 is 0 Å². The average Bonchev–Trinajstić information content (AvgIpc) is 2.54. The molecule has 3 unspecified atom stereocenters. The van der Waals surface area contributed by atoms with Gasteiger partial charge in [0.2, 0.25) is 0 Å². The number of hydrogen-bond donors (Lipinski definition) is 1. The van der Waals surface area contributed by atoms with Gasteiger partial charge in [0.1, 0.15) is 5.82 Å². The van der Waals surface area contributed by atoms with E-state index in [0.717, 1.165) is 31.8 Å². The lowest BCUT2D eigenvalue weighted by atomic mass is 9.66. The second kappa shape index (κ2) is 6.52. The van der Waals surface area contributed by atoms with Gasteiger partial charge in [-0.25, -0.2) is 4.39 Å². The Balaban J connectivity index is 1.70. The van der Waals surface area contributed by atoms with Gasteiger partial charge in [0.05, 0.1) is 0 Å². The van der Waals surface area contributed by atoms with Crippen LogP contribution in [-0.4, -0.2) is 35.2 Å². The number of piperidine rings is 2. The molecule has 2 aliphatic rings. The number of benzene rings is 1. The fourth-order valence-corrected chi connectivity index (χ4v) is 4.75. The van der Waals surface area contributed by atoms with Crippen LogP contribution in [0.15, 0.2) is 24.3 Å². The molecule has 0 bridgehead atoms. The Kier molecular flexibility index (Phi) is 4.80. The van der Waals surface area contributed by atoms with Crippen molar-refractivity contribution in [3.63, 3.8) is 0 Å². The van der Waals surface area contributed by atoms with E-state index in [2.05, 4.69) is 18.7 Å². The molecule has 23 heavy (non-hydrogen) atoms. The van der Waals surface area contributed by atoms with Gasteiger partial charge < -0.3 is 5.11 Å². The first-order valence-electron chi connectivity index (χ1n) is 9.07. The molecule has 1 aromatic carbocycles. The maximum Gasteiger partial charge on any atom is 0.123 e. The Labute approximate surface area is 139 Å². The quantitative estimate of drug-likeness (QED) is 0.902. The second-order valence-electron chi connectivity index (χ2n) is 8.21. The lowest BCUT2D eigenvalue weighted by molar-refractivity contribution is -0.0283. The molecule has 2 aliphatic heterocycles. The van der Waals surface area contributed by atoms with Gasteiger partial charge in [-0.1, -0.05) is 19.1 Å². The number of hydrogen-bond acceptors (Lipinski definition) is 2. The predicted molar refractivity (Wildman–Crippen MR) is 92.0 cm³/mol. The number of aliphatic hydroxyl groups is 1. The van der Waals surface area contributed by atoms with Gasteiger partial charge in [0, 0.05) is 24.1 Å². The monoisotopic (exact) mass is 319 g/mol. The topological polar surface area (TPSA) is 23.5 Å². The lowest BCUT2D eigenvalue weighted by Gasteiger charge is -2.56. The van der Waals surface area contributed by atoms with Crippen molar-refractivity contribution in [3.05, 3.63) is 35.6 Å². The van der Waals surface area contributed by atoms with Crippen molar-refractivity contribution in [2.75, 3.05) is 19.7 Å². The molecule has 3 rings (SSSR count). The van der Waals surface area contributed by atoms with E-state index in [1.165, 1.54) is 31.2 Å². The lowest BCUT2D eigenvalue weighted by Crippen LogP contribution is -2.59. The molecule has 0 aliphatic carbocycles. The van der Waals surface area contributed by atoms with Gasteiger partial charge in [-0.05, 0) is 75.6 Å². The third-order valence-corrected chi connectivity index (χ3v) is 6.37. The van der Waals surface area contributed by atoms with Crippen LogP contribution in [0.25, 0.3) is 0 Å². The molecule has 2 saturated heterocycles. The van der Waals surface area contributed by atoms with E-state index in [4.69, 9.17) is 5.11 Å². The minimum Gasteiger partial charge on any atom is -0.396 e. The molecule has 0 radical (unpaired) electrons. The van der Waals surface area contributed by atoms with E-state index in [9.17, 15) is 4.39 Å². The van der Waals surface area contributed by atoms with Crippen LogP contribution in [0.1, 0.15) is 57.9 Å². The fourth-order valence-electron chi connectivity index (χ4n) is 4.75. The van der Waals surface area contributed by atoms with Crippen LogP contribution in [0.5, 0.6) is 0 Å². The van der Waals surface area contributed by atoms with E-state index in [1.807, 2.05) is 12.1 Å². The summed E-state index contributed by atoms with van der Waals surface area (Å²) in [5.74, 6) is 0.612. The molecule has 2 heterocycles. The normalized spacial score (nSPS) is 35.0. The Hall–Kier alpha value is -0.930. The van der Waals surface area contributed by atoms with Crippen LogP contribution in [0.3, 0.4) is 0 Å². The highest BCUT2D eigenvalue weighted by atomic mass is 19.1. The van der Waals surface area contributed by atoms with Gasteiger partial charge >= 0.3 is 0 Å². The average molecular weight is 319 g/mol. The summed E-state index contributed by atoms with van der Waals surface area (Å²) in [7, 11) is 0. The third-order valence-electron chi connectivity index (χ3n) is 6.37. The van der Waals surface area contributed by atoms with Gasteiger partial charge in [0.15, 0.2) is 0 Å². The van der Waals surface area contributed by atoms with Crippen molar-refractivity contribution in [2.24, 2.45) is 5.92 Å². The van der Waals surface area contributed by atoms with E-state index in [-0.39, 0.29) is 11.2 Å². The van der Waals surface area contributed by atoms with Crippen LogP contribution in [0.2, 0.25) is 0 Å². The summed E-state index contributed by atoms with van der Waals surface area (Å²) < 4.78 is 13.2. The van der Waals surface area contributed by atoms with Gasteiger partial charge in [0.25, 0.3) is 0 Å². The summed E-state index contributed by atoms with van der Waals surface area (Å²) in [6.45, 7) is 7.30. The highest BCUT2D eigenvalue weighted by Gasteiger charge is 2.46. The molecule has 1 aromatic rings. The van der Waals surface area contributed by atoms with Gasteiger partial charge in [-0.2, -0.15) is 0 Å². The van der Waals surface area contributed by atoms with E-state index in [0.29, 0.717) is 12.1 Å². The third kappa shape index (κ3) is 3.46. The number of fused-ring (bicyclic) bond motifs is 1. The Morgan fingerprint density at radius 3 is 2.65 bits per heavy atom. The van der Waals surface area contributed by atoms with Crippen molar-refractivity contribution in [2.45, 2.75) is 63.3 Å². The summed E-state index contributed by atoms with van der Waals surface area (Å²) in [5, 5.41) is 9.07. The first-order chi connectivity index (χ1) is 11.0. The zero-order valence-electron chi connectivity index (χ0n) is 14.5. The van der Waals surface area contributed by atoms with Crippen LogP contribution >= 0.6 is 0 Å². The highest BCUT2D eigenvalue weighted by molar-refractivity contribution is 5.27. The Morgan fingerprint density at radius 2 is 1.96 bits per heavy atom. The summed E-state index contributed by atoms with van der Waals surface area (Å²) in [6, 6.07) is 7.11. The molecule has 0 spiro atoms. The molecule has 2 fully saturated rings. The largest absolute Gasteiger partial charge is 0.396 e. The molecular formula is C20H30FNO. The van der Waals surface area contributed by atoms with Crippen molar-refractivity contribution < 1.29 is 9.50 Å². The first kappa shape index (κ1) is 16.9. The summed E-state index contributed by atoms with van der Waals surface area (Å²) in [5.41, 5.74) is 1.70. The van der Waals surface area contributed by atoms with E-state index in [1.54, 1.807) is 12.1 Å². The van der Waals surface area contributed by atoms with E-state index < -0.39 is 0 Å². The molecule has 2 nitrogen and oxygen atoms in total. The first-order valence-corrected chi connectivity index (χ1v) is 9.07. The fraction of sp³-hybridized carbons (Fsp3) is 0.700. The van der Waals surface area contributed by atoms with Gasteiger partial charge in [-0.15, -0.1) is 0 Å². The SMILES string of the molecule is CC1(c2ccc(F)cc2)CCC2(C)CC(CCCO)CCN2C1. The molecule has 0 saturated carbocycles. The molecular weight excluding hydrogens is 289 g/mol. The highest BCUT2D eigenvalue weighted by Crippen LogP contribution is 2.46. The zero-order chi connectivity index (χ0) is 16.5. The standard InChI is InChI=1S/C20H30FNO/c1-19(17-5-7-18(21)8-6-17)10-11-20(2)14-16(4-3-13-23)9-12-22(20)15-19/h5-8,16,23H,3-4,9-15H2,1-2H3. The molecule has 128 valence electrons. The summed E-state index contributed by atoms with van der Waals surface area (Å²) in [4.78, 5) is 2.68. The molecule has 3 atom stereocenters. The predicted octanol–water partition coefficient (Wildman–Crippen LogP) is 4.12. The number of halogens is 1. The van der Waals surface area contributed by atoms with Gasteiger partial charge in [-0.3, -0.25) is 4.90 Å². The second-order valence-corrected chi connectivity index (χ2v) is 8.21. The Morgan fingerprint density at radius 1 is 1.22 bits per heavy atom. The number of nitrogens with zero attached hydrogens (tertiary/aromatic N) is 1. The maximum atomic E-state index is 13.2. The summed E-state index contributed by atoms with van der Waals surface area (Å²) >= 11 is 0. The maximum absolute atomic E-state index is 13.2. The number of aliphatic hydroxyl groups excluding tert-OH is 1. The minimum atomic E-state index is -0.150. The molecule has 0 aromatic heterocycles.